The lowest BCUT2D eigenvalue weighted by molar-refractivity contribution is 0.670. The third kappa shape index (κ3) is 3.70. The average Bonchev–Trinajstić information content (AvgIpc) is 3.97. The van der Waals surface area contributed by atoms with Gasteiger partial charge in [-0.05, 0) is 68.8 Å². The molecule has 0 fully saturated rings. The van der Waals surface area contributed by atoms with Crippen molar-refractivity contribution in [3.63, 3.8) is 0 Å². The Morgan fingerprint density at radius 3 is 1.77 bits per heavy atom. The van der Waals surface area contributed by atoms with Gasteiger partial charge in [-0.15, -0.1) is 0 Å². The van der Waals surface area contributed by atoms with E-state index in [1.165, 1.54) is 44.5 Å². The van der Waals surface area contributed by atoms with Crippen molar-refractivity contribution in [1.82, 2.24) is 9.55 Å². The van der Waals surface area contributed by atoms with E-state index in [1.54, 1.807) is 0 Å². The van der Waals surface area contributed by atoms with Crippen molar-refractivity contribution >= 4 is 33.0 Å². The molecule has 246 valence electrons. The molecule has 53 heavy (non-hydrogen) atoms. The van der Waals surface area contributed by atoms with Gasteiger partial charge >= 0.3 is 0 Å². The van der Waals surface area contributed by atoms with Gasteiger partial charge in [-0.2, -0.15) is 0 Å². The minimum Gasteiger partial charge on any atom is -0.455 e. The van der Waals surface area contributed by atoms with Crippen LogP contribution < -0.4 is 0 Å². The van der Waals surface area contributed by atoms with Crippen molar-refractivity contribution in [1.29, 1.82) is 0 Å². The third-order valence-corrected chi connectivity index (χ3v) is 11.7. The van der Waals surface area contributed by atoms with Gasteiger partial charge in [-0.3, -0.25) is 4.57 Å². The molecule has 0 unspecified atom stereocenters. The van der Waals surface area contributed by atoms with E-state index in [4.69, 9.17) is 9.40 Å². The van der Waals surface area contributed by atoms with Crippen molar-refractivity contribution in [3.8, 4) is 50.5 Å². The van der Waals surface area contributed by atoms with Crippen molar-refractivity contribution in [3.05, 3.63) is 204 Å². The highest BCUT2D eigenvalue weighted by atomic mass is 16.3. The van der Waals surface area contributed by atoms with Gasteiger partial charge in [0.25, 0.3) is 0 Å². The summed E-state index contributed by atoms with van der Waals surface area (Å²) >= 11 is 0. The Morgan fingerprint density at radius 1 is 0.415 bits per heavy atom. The lowest BCUT2D eigenvalue weighted by Gasteiger charge is -2.30. The van der Waals surface area contributed by atoms with Gasteiger partial charge in [0.15, 0.2) is 0 Å². The van der Waals surface area contributed by atoms with Crippen LogP contribution in [0.1, 0.15) is 22.3 Å². The van der Waals surface area contributed by atoms with Crippen LogP contribution in [-0.4, -0.2) is 9.55 Å². The highest BCUT2D eigenvalue weighted by Gasteiger charge is 2.52. The monoisotopic (exact) mass is 674 g/mol. The van der Waals surface area contributed by atoms with Crippen LogP contribution in [-0.2, 0) is 5.41 Å². The van der Waals surface area contributed by atoms with E-state index in [-0.39, 0.29) is 0 Å². The normalized spacial score (nSPS) is 13.4. The van der Waals surface area contributed by atoms with Crippen LogP contribution in [0.15, 0.2) is 186 Å². The summed E-state index contributed by atoms with van der Waals surface area (Å²) in [5.74, 6) is 0.929. The standard InChI is InChI=1S/C50H30N2O/c1-2-13-32(14-3-1)49-51-44-23-10-11-24-45(44)52(49)33-27-25-31(26-28-33)34-18-12-19-37-38-29-30-43-46(48(38)53-47(34)37)39-17-6-9-22-42(39)50(43)40-20-7-4-15-35(40)36-16-5-8-21-41(36)50/h1-30H. The number of hydrogen-bond acceptors (Lipinski definition) is 2. The zero-order valence-electron chi connectivity index (χ0n) is 28.6. The van der Waals surface area contributed by atoms with Crippen LogP contribution >= 0.6 is 0 Å². The molecule has 2 aliphatic carbocycles. The number of furan rings is 1. The van der Waals surface area contributed by atoms with Crippen molar-refractivity contribution in [2.45, 2.75) is 5.41 Å². The zero-order chi connectivity index (χ0) is 34.7. The van der Waals surface area contributed by atoms with Crippen molar-refractivity contribution in [2.75, 3.05) is 0 Å². The lowest BCUT2D eigenvalue weighted by Crippen LogP contribution is -2.25. The van der Waals surface area contributed by atoms with Crippen LogP contribution in [0.4, 0.5) is 0 Å². The predicted octanol–water partition coefficient (Wildman–Crippen LogP) is 12.6. The molecule has 0 radical (unpaired) electrons. The first kappa shape index (κ1) is 28.7. The number of benzene rings is 8. The van der Waals surface area contributed by atoms with Gasteiger partial charge < -0.3 is 4.42 Å². The molecule has 8 aromatic carbocycles. The first-order valence-electron chi connectivity index (χ1n) is 18.2. The summed E-state index contributed by atoms with van der Waals surface area (Å²) in [5.41, 5.74) is 18.2. The molecular weight excluding hydrogens is 645 g/mol. The maximum Gasteiger partial charge on any atom is 0.145 e. The molecule has 0 bridgehead atoms. The van der Waals surface area contributed by atoms with Gasteiger partial charge in [-0.25, -0.2) is 4.98 Å². The first-order chi connectivity index (χ1) is 26.3. The molecule has 12 rings (SSSR count). The molecule has 3 heteroatoms. The maximum atomic E-state index is 7.14. The van der Waals surface area contributed by atoms with Crippen LogP contribution in [0.2, 0.25) is 0 Å². The van der Waals surface area contributed by atoms with E-state index in [1.807, 2.05) is 12.1 Å². The van der Waals surface area contributed by atoms with Gasteiger partial charge in [0.05, 0.1) is 16.4 Å². The molecule has 10 aromatic rings. The molecule has 0 amide bonds. The number of imidazole rings is 1. The Labute approximate surface area is 306 Å². The van der Waals surface area contributed by atoms with E-state index < -0.39 is 5.41 Å². The smallest absolute Gasteiger partial charge is 0.145 e. The van der Waals surface area contributed by atoms with Gasteiger partial charge in [-0.1, -0.05) is 158 Å². The van der Waals surface area contributed by atoms with Gasteiger partial charge in [0.2, 0.25) is 0 Å². The second-order valence-corrected chi connectivity index (χ2v) is 14.2. The Bertz CT molecular complexity index is 3060. The zero-order valence-corrected chi connectivity index (χ0v) is 28.6. The Balaban J connectivity index is 1.05. The fourth-order valence-corrected chi connectivity index (χ4v) is 9.52. The molecule has 2 aliphatic rings. The first-order valence-corrected chi connectivity index (χ1v) is 18.2. The maximum absolute atomic E-state index is 7.14. The van der Waals surface area contributed by atoms with Crippen molar-refractivity contribution in [2.24, 2.45) is 0 Å². The highest BCUT2D eigenvalue weighted by Crippen LogP contribution is 2.64. The molecule has 3 nitrogen and oxygen atoms in total. The molecule has 0 aliphatic heterocycles. The SMILES string of the molecule is c1ccc(-c2nc3ccccc3n2-c2ccc(-c3cccc4c3oc3c5c(ccc34)C3(c4ccccc4-c4ccccc43)c3ccccc3-5)cc2)cc1. The summed E-state index contributed by atoms with van der Waals surface area (Å²) in [4.78, 5) is 5.05. The molecule has 0 atom stereocenters. The number of rotatable bonds is 3. The number of aromatic nitrogens is 2. The number of fused-ring (bicyclic) bond motifs is 15. The number of hydrogen-bond donors (Lipinski definition) is 0. The minimum atomic E-state index is -0.402. The average molecular weight is 675 g/mol. The molecule has 0 saturated carbocycles. The fraction of sp³-hybridized carbons (Fsp3) is 0.0200. The van der Waals surface area contributed by atoms with E-state index in [9.17, 15) is 0 Å². The van der Waals surface area contributed by atoms with Gasteiger partial charge in [0, 0.05) is 33.2 Å². The van der Waals surface area contributed by atoms with E-state index >= 15 is 0 Å². The lowest BCUT2D eigenvalue weighted by atomic mass is 9.70. The Hall–Kier alpha value is -6.97. The summed E-state index contributed by atoms with van der Waals surface area (Å²) in [5, 5.41) is 2.27. The van der Waals surface area contributed by atoms with E-state index in [0.717, 1.165) is 61.2 Å². The van der Waals surface area contributed by atoms with E-state index in [2.05, 4.69) is 174 Å². The fourth-order valence-electron chi connectivity index (χ4n) is 9.52. The Kier molecular flexibility index (Phi) is 5.70. The van der Waals surface area contributed by atoms with E-state index in [0.29, 0.717) is 0 Å². The number of para-hydroxylation sites is 3. The second-order valence-electron chi connectivity index (χ2n) is 14.2. The van der Waals surface area contributed by atoms with Crippen LogP contribution in [0.3, 0.4) is 0 Å². The third-order valence-electron chi connectivity index (χ3n) is 11.7. The quantitative estimate of drug-likeness (QED) is 0.187. The summed E-state index contributed by atoms with van der Waals surface area (Å²) < 4.78 is 9.39. The van der Waals surface area contributed by atoms with Crippen molar-refractivity contribution < 1.29 is 4.42 Å². The molecule has 0 saturated heterocycles. The summed E-state index contributed by atoms with van der Waals surface area (Å²) in [6.07, 6.45) is 0. The van der Waals surface area contributed by atoms with Crippen LogP contribution in [0, 0.1) is 0 Å². The Morgan fingerprint density at radius 2 is 1.02 bits per heavy atom. The van der Waals surface area contributed by atoms with Gasteiger partial charge in [0.1, 0.15) is 17.0 Å². The minimum absolute atomic E-state index is 0.402. The summed E-state index contributed by atoms with van der Waals surface area (Å²) in [6.45, 7) is 0. The van der Waals surface area contributed by atoms with Crippen LogP contribution in [0.25, 0.3) is 83.4 Å². The topological polar surface area (TPSA) is 31.0 Å². The predicted molar refractivity (Wildman–Crippen MR) is 216 cm³/mol. The molecule has 2 aromatic heterocycles. The largest absolute Gasteiger partial charge is 0.455 e. The highest BCUT2D eigenvalue weighted by molar-refractivity contribution is 6.15. The summed E-state index contributed by atoms with van der Waals surface area (Å²) in [7, 11) is 0. The summed E-state index contributed by atoms with van der Waals surface area (Å²) in [6, 6.07) is 65.6. The second kappa shape index (κ2) is 10.5. The van der Waals surface area contributed by atoms with Crippen LogP contribution in [0.5, 0.6) is 0 Å². The molecule has 1 spiro atoms. The molecular formula is C50H30N2O. The molecule has 0 N–H and O–H groups in total. The molecule has 2 heterocycles. The number of nitrogens with zero attached hydrogens (tertiary/aromatic N) is 2.